The predicted molar refractivity (Wildman–Crippen MR) is 71.1 cm³/mol. The summed E-state index contributed by atoms with van der Waals surface area (Å²) in [6, 6.07) is 0.0502. The largest absolute Gasteiger partial charge is 0.329 e. The van der Waals surface area contributed by atoms with Crippen molar-refractivity contribution >= 4 is 0 Å². The summed E-state index contributed by atoms with van der Waals surface area (Å²) in [4.78, 5) is 4.21. The topological polar surface area (TPSA) is 61.7 Å². The highest BCUT2D eigenvalue weighted by atomic mass is 15.3. The molecule has 2 aromatic heterocycles. The molecule has 0 aliphatic heterocycles. The van der Waals surface area contributed by atoms with E-state index in [1.165, 1.54) is 5.56 Å². The van der Waals surface area contributed by atoms with E-state index < -0.39 is 0 Å². The molecule has 2 rings (SSSR count). The van der Waals surface area contributed by atoms with Crippen molar-refractivity contribution in [1.29, 1.82) is 0 Å². The molecule has 0 aromatic carbocycles. The number of aromatic nitrogens is 4. The molecule has 5 nitrogen and oxygen atoms in total. The summed E-state index contributed by atoms with van der Waals surface area (Å²) in [5.74, 6) is 0. The molecule has 0 radical (unpaired) electrons. The molecule has 0 aliphatic rings. The average Bonchev–Trinajstić information content (AvgIpc) is 2.95. The molecular formula is C13H21N5. The summed E-state index contributed by atoms with van der Waals surface area (Å²) in [6.07, 6.45) is 7.63. The maximum absolute atomic E-state index is 6.09. The molecule has 2 aromatic rings. The lowest BCUT2D eigenvalue weighted by Crippen LogP contribution is -2.15. The monoisotopic (exact) mass is 247 g/mol. The molecule has 5 heteroatoms. The quantitative estimate of drug-likeness (QED) is 0.873. The Morgan fingerprint density at radius 3 is 2.83 bits per heavy atom. The van der Waals surface area contributed by atoms with Crippen LogP contribution in [0.25, 0.3) is 0 Å². The van der Waals surface area contributed by atoms with Gasteiger partial charge >= 0.3 is 0 Å². The van der Waals surface area contributed by atoms with Gasteiger partial charge in [-0.2, -0.15) is 5.10 Å². The molecule has 0 amide bonds. The second kappa shape index (κ2) is 5.35. The zero-order valence-electron chi connectivity index (χ0n) is 11.3. The van der Waals surface area contributed by atoms with E-state index in [1.807, 2.05) is 24.3 Å². The molecule has 0 fully saturated rings. The maximum Gasteiger partial charge on any atom is 0.0951 e. The second-order valence-electron chi connectivity index (χ2n) is 4.59. The SMILES string of the molecule is CCc1nn(C)cc1Cn1cncc1[C@H](N)CC. The molecule has 0 saturated heterocycles. The van der Waals surface area contributed by atoms with Crippen molar-refractivity contribution in [3.63, 3.8) is 0 Å². The van der Waals surface area contributed by atoms with E-state index in [0.29, 0.717) is 0 Å². The maximum atomic E-state index is 6.09. The van der Waals surface area contributed by atoms with Crippen LogP contribution < -0.4 is 5.73 Å². The van der Waals surface area contributed by atoms with Crippen LogP contribution in [0.3, 0.4) is 0 Å². The number of imidazole rings is 1. The Labute approximate surface area is 108 Å². The third-order valence-electron chi connectivity index (χ3n) is 3.23. The first kappa shape index (κ1) is 12.8. The van der Waals surface area contributed by atoms with Crippen LogP contribution in [0.2, 0.25) is 0 Å². The lowest BCUT2D eigenvalue weighted by atomic mass is 10.1. The minimum Gasteiger partial charge on any atom is -0.329 e. The zero-order valence-corrected chi connectivity index (χ0v) is 11.3. The van der Waals surface area contributed by atoms with Gasteiger partial charge in [0.15, 0.2) is 0 Å². The Hall–Kier alpha value is -1.62. The molecule has 0 bridgehead atoms. The fourth-order valence-corrected chi connectivity index (χ4v) is 2.18. The van der Waals surface area contributed by atoms with Gasteiger partial charge in [-0.3, -0.25) is 4.68 Å². The first-order valence-corrected chi connectivity index (χ1v) is 6.42. The highest BCUT2D eigenvalue weighted by molar-refractivity contribution is 5.19. The Kier molecular flexibility index (Phi) is 3.81. The highest BCUT2D eigenvalue weighted by Crippen LogP contribution is 2.16. The summed E-state index contributed by atoms with van der Waals surface area (Å²) in [7, 11) is 1.95. The van der Waals surface area contributed by atoms with E-state index in [2.05, 4.69) is 34.7 Å². The van der Waals surface area contributed by atoms with Gasteiger partial charge in [-0.05, 0) is 12.8 Å². The van der Waals surface area contributed by atoms with Crippen LogP contribution in [-0.2, 0) is 20.0 Å². The molecule has 0 unspecified atom stereocenters. The molecule has 2 N–H and O–H groups in total. The van der Waals surface area contributed by atoms with Crippen molar-refractivity contribution in [3.8, 4) is 0 Å². The summed E-state index contributed by atoms with van der Waals surface area (Å²) >= 11 is 0. The van der Waals surface area contributed by atoms with Gasteiger partial charge in [0, 0.05) is 31.0 Å². The van der Waals surface area contributed by atoms with Crippen molar-refractivity contribution in [2.45, 2.75) is 39.3 Å². The van der Waals surface area contributed by atoms with Crippen molar-refractivity contribution in [1.82, 2.24) is 19.3 Å². The lowest BCUT2D eigenvalue weighted by Gasteiger charge is -2.12. The van der Waals surface area contributed by atoms with Crippen molar-refractivity contribution in [2.24, 2.45) is 12.8 Å². The molecule has 18 heavy (non-hydrogen) atoms. The first-order valence-electron chi connectivity index (χ1n) is 6.42. The smallest absolute Gasteiger partial charge is 0.0951 e. The molecule has 2 heterocycles. The second-order valence-corrected chi connectivity index (χ2v) is 4.59. The molecule has 0 spiro atoms. The van der Waals surface area contributed by atoms with Crippen molar-refractivity contribution in [2.75, 3.05) is 0 Å². The molecule has 0 aliphatic carbocycles. The van der Waals surface area contributed by atoms with E-state index in [1.54, 1.807) is 0 Å². The number of nitrogens with zero attached hydrogens (tertiary/aromatic N) is 4. The zero-order chi connectivity index (χ0) is 13.1. The third-order valence-corrected chi connectivity index (χ3v) is 3.23. The Balaban J connectivity index is 2.26. The van der Waals surface area contributed by atoms with Gasteiger partial charge in [0.05, 0.1) is 24.3 Å². The van der Waals surface area contributed by atoms with Gasteiger partial charge in [0.1, 0.15) is 0 Å². The van der Waals surface area contributed by atoms with Crippen LogP contribution in [0.4, 0.5) is 0 Å². The van der Waals surface area contributed by atoms with Gasteiger partial charge in [-0.15, -0.1) is 0 Å². The number of hydrogen-bond acceptors (Lipinski definition) is 3. The minimum absolute atomic E-state index is 0.0502. The van der Waals surface area contributed by atoms with E-state index in [0.717, 1.165) is 30.8 Å². The van der Waals surface area contributed by atoms with Crippen molar-refractivity contribution < 1.29 is 0 Å². The summed E-state index contributed by atoms with van der Waals surface area (Å²) in [5, 5.41) is 4.46. The van der Waals surface area contributed by atoms with Crippen LogP contribution in [0.1, 0.15) is 43.3 Å². The number of hydrogen-bond donors (Lipinski definition) is 1. The molecule has 1 atom stereocenters. The van der Waals surface area contributed by atoms with Crippen molar-refractivity contribution in [3.05, 3.63) is 35.7 Å². The van der Waals surface area contributed by atoms with E-state index >= 15 is 0 Å². The van der Waals surface area contributed by atoms with Gasteiger partial charge in [-0.25, -0.2) is 4.98 Å². The molecule has 98 valence electrons. The van der Waals surface area contributed by atoms with Crippen LogP contribution >= 0.6 is 0 Å². The predicted octanol–water partition coefficient (Wildman–Crippen LogP) is 1.64. The Morgan fingerprint density at radius 2 is 2.17 bits per heavy atom. The van der Waals surface area contributed by atoms with Crippen LogP contribution in [0, 0.1) is 0 Å². The number of aryl methyl sites for hydroxylation is 2. The summed E-state index contributed by atoms with van der Waals surface area (Å²) in [6.45, 7) is 5.00. The van der Waals surface area contributed by atoms with Crippen LogP contribution in [0.15, 0.2) is 18.7 Å². The van der Waals surface area contributed by atoms with E-state index in [9.17, 15) is 0 Å². The van der Waals surface area contributed by atoms with Gasteiger partial charge in [0.25, 0.3) is 0 Å². The number of rotatable bonds is 5. The number of nitrogens with two attached hydrogens (primary N) is 1. The molecular weight excluding hydrogens is 226 g/mol. The highest BCUT2D eigenvalue weighted by Gasteiger charge is 2.12. The van der Waals surface area contributed by atoms with Crippen LogP contribution in [-0.4, -0.2) is 19.3 Å². The van der Waals surface area contributed by atoms with Gasteiger partial charge in [-0.1, -0.05) is 13.8 Å². The minimum atomic E-state index is 0.0502. The normalized spacial score (nSPS) is 12.9. The fourth-order valence-electron chi connectivity index (χ4n) is 2.18. The first-order chi connectivity index (χ1) is 8.65. The van der Waals surface area contributed by atoms with Crippen LogP contribution in [0.5, 0.6) is 0 Å². The average molecular weight is 247 g/mol. The molecule has 0 saturated carbocycles. The van der Waals surface area contributed by atoms with E-state index in [4.69, 9.17) is 5.73 Å². The Bertz CT molecular complexity index is 511. The third kappa shape index (κ3) is 2.46. The summed E-state index contributed by atoms with van der Waals surface area (Å²) < 4.78 is 3.98. The standard InChI is InChI=1S/C13H21N5/c1-4-11(14)13-6-15-9-18(13)8-10-7-17(3)16-12(10)5-2/h6-7,9,11H,4-5,8,14H2,1-3H3/t11-/m1/s1. The fraction of sp³-hybridized carbons (Fsp3) is 0.538. The van der Waals surface area contributed by atoms with Gasteiger partial charge in [0.2, 0.25) is 0 Å². The van der Waals surface area contributed by atoms with E-state index in [-0.39, 0.29) is 6.04 Å². The van der Waals surface area contributed by atoms with Gasteiger partial charge < -0.3 is 10.3 Å². The summed E-state index contributed by atoms with van der Waals surface area (Å²) in [5.41, 5.74) is 9.55. The Morgan fingerprint density at radius 1 is 1.39 bits per heavy atom. The lowest BCUT2D eigenvalue weighted by molar-refractivity contribution is 0.617.